The van der Waals surface area contributed by atoms with Gasteiger partial charge in [0, 0.05) is 12.7 Å². The quantitative estimate of drug-likeness (QED) is 0.765. The summed E-state index contributed by atoms with van der Waals surface area (Å²) in [6.07, 6.45) is 0. The fraction of sp³-hybridized carbons (Fsp3) is 0.263. The molecule has 0 aliphatic rings. The lowest BCUT2D eigenvalue weighted by Gasteiger charge is -2.18. The van der Waals surface area contributed by atoms with Gasteiger partial charge in [-0.25, -0.2) is 13.2 Å². The number of nitrogens with zero attached hydrogens (tertiary/aromatic N) is 1. The van der Waals surface area contributed by atoms with E-state index in [4.69, 9.17) is 0 Å². The largest absolute Gasteiger partial charge is 0.465 e. The number of nitrogens with one attached hydrogen (secondary N) is 1. The van der Waals surface area contributed by atoms with E-state index in [-0.39, 0.29) is 17.0 Å². The number of likely N-dealkylation sites (N-methyl/N-ethyl adjacent to an activating group) is 1. The standard InChI is InChI=1S/C19H22N2O5S/c1-13-7-5-10-17(14(13)2)20-18(22)12-21(3)27(24,25)16-9-6-8-15(11-16)19(23)26-4/h5-11H,12H2,1-4H3,(H,20,22). The number of sulfonamides is 1. The van der Waals surface area contributed by atoms with Gasteiger partial charge in [-0.15, -0.1) is 0 Å². The van der Waals surface area contributed by atoms with Crippen LogP contribution in [-0.2, 0) is 19.6 Å². The van der Waals surface area contributed by atoms with Gasteiger partial charge in [0.15, 0.2) is 0 Å². The molecule has 0 spiro atoms. The summed E-state index contributed by atoms with van der Waals surface area (Å²) in [4.78, 5) is 23.8. The third-order valence-corrected chi connectivity index (χ3v) is 6.01. The van der Waals surface area contributed by atoms with Crippen LogP contribution in [0, 0.1) is 13.8 Å². The zero-order valence-electron chi connectivity index (χ0n) is 15.6. The highest BCUT2D eigenvalue weighted by molar-refractivity contribution is 7.89. The molecule has 0 radical (unpaired) electrons. The molecule has 144 valence electrons. The maximum atomic E-state index is 12.7. The van der Waals surface area contributed by atoms with Crippen molar-refractivity contribution in [2.24, 2.45) is 0 Å². The van der Waals surface area contributed by atoms with E-state index >= 15 is 0 Å². The molecule has 0 aromatic heterocycles. The summed E-state index contributed by atoms with van der Waals surface area (Å²) in [5, 5.41) is 2.73. The van der Waals surface area contributed by atoms with Crippen molar-refractivity contribution in [2.45, 2.75) is 18.7 Å². The van der Waals surface area contributed by atoms with E-state index in [9.17, 15) is 18.0 Å². The molecule has 1 N–H and O–H groups in total. The third kappa shape index (κ3) is 4.72. The molecule has 7 nitrogen and oxygen atoms in total. The summed E-state index contributed by atoms with van der Waals surface area (Å²) in [6.45, 7) is 3.44. The molecule has 0 unspecified atom stereocenters. The number of aryl methyl sites for hydroxylation is 1. The van der Waals surface area contributed by atoms with Gasteiger partial charge >= 0.3 is 5.97 Å². The fourth-order valence-electron chi connectivity index (χ4n) is 2.44. The zero-order chi connectivity index (χ0) is 20.2. The van der Waals surface area contributed by atoms with Gasteiger partial charge in [0.1, 0.15) is 0 Å². The number of rotatable bonds is 6. The van der Waals surface area contributed by atoms with Crippen molar-refractivity contribution >= 4 is 27.6 Å². The Kier molecular flexibility index (Phi) is 6.35. The smallest absolute Gasteiger partial charge is 0.337 e. The minimum Gasteiger partial charge on any atom is -0.465 e. The van der Waals surface area contributed by atoms with Crippen molar-refractivity contribution in [1.82, 2.24) is 4.31 Å². The van der Waals surface area contributed by atoms with Crippen LogP contribution >= 0.6 is 0 Å². The van der Waals surface area contributed by atoms with Gasteiger partial charge in [0.25, 0.3) is 0 Å². The number of carbonyl (C=O) groups excluding carboxylic acids is 2. The van der Waals surface area contributed by atoms with E-state index in [0.29, 0.717) is 5.69 Å². The summed E-state index contributed by atoms with van der Waals surface area (Å²) in [5.74, 6) is -1.10. The molecule has 0 atom stereocenters. The SMILES string of the molecule is COC(=O)c1cccc(S(=O)(=O)N(C)CC(=O)Nc2cccc(C)c2C)c1. The minimum absolute atomic E-state index is 0.0903. The second kappa shape index (κ2) is 8.32. The Labute approximate surface area is 159 Å². The first-order valence-corrected chi connectivity index (χ1v) is 9.61. The van der Waals surface area contributed by atoms with Crippen LogP contribution in [0.3, 0.4) is 0 Å². The number of ether oxygens (including phenoxy) is 1. The molecule has 1 amide bonds. The first-order valence-electron chi connectivity index (χ1n) is 8.17. The molecular weight excluding hydrogens is 368 g/mol. The molecule has 0 aliphatic heterocycles. The van der Waals surface area contributed by atoms with E-state index < -0.39 is 21.9 Å². The maximum Gasteiger partial charge on any atom is 0.337 e. The predicted octanol–water partition coefficient (Wildman–Crippen LogP) is 2.35. The molecule has 8 heteroatoms. The van der Waals surface area contributed by atoms with Gasteiger partial charge in [-0.05, 0) is 49.2 Å². The topological polar surface area (TPSA) is 92.8 Å². The molecule has 2 aromatic carbocycles. The summed E-state index contributed by atoms with van der Waals surface area (Å²) in [7, 11) is -1.42. The molecule has 27 heavy (non-hydrogen) atoms. The number of benzene rings is 2. The number of hydrogen-bond donors (Lipinski definition) is 1. The molecule has 2 aromatic rings. The van der Waals surface area contributed by atoms with Gasteiger partial charge in [-0.2, -0.15) is 4.31 Å². The summed E-state index contributed by atoms with van der Waals surface area (Å²) < 4.78 is 30.9. The Morgan fingerprint density at radius 3 is 2.44 bits per heavy atom. The molecule has 0 saturated carbocycles. The van der Waals surface area contributed by atoms with E-state index in [1.807, 2.05) is 26.0 Å². The molecule has 0 saturated heterocycles. The maximum absolute atomic E-state index is 12.7. The number of hydrogen-bond acceptors (Lipinski definition) is 5. The Morgan fingerprint density at radius 1 is 1.11 bits per heavy atom. The van der Waals surface area contributed by atoms with Crippen LogP contribution in [0.15, 0.2) is 47.4 Å². The minimum atomic E-state index is -3.94. The Balaban J connectivity index is 2.16. The van der Waals surface area contributed by atoms with E-state index in [1.165, 1.54) is 38.4 Å². The number of anilines is 1. The van der Waals surface area contributed by atoms with Gasteiger partial charge < -0.3 is 10.1 Å². The van der Waals surface area contributed by atoms with Crippen molar-refractivity contribution in [3.63, 3.8) is 0 Å². The summed E-state index contributed by atoms with van der Waals surface area (Å²) >= 11 is 0. The Hall–Kier alpha value is -2.71. The van der Waals surface area contributed by atoms with E-state index in [1.54, 1.807) is 6.07 Å². The highest BCUT2D eigenvalue weighted by Crippen LogP contribution is 2.19. The Morgan fingerprint density at radius 2 is 1.78 bits per heavy atom. The lowest BCUT2D eigenvalue weighted by molar-refractivity contribution is -0.116. The molecule has 0 heterocycles. The summed E-state index contributed by atoms with van der Waals surface area (Å²) in [6, 6.07) is 11.0. The molecule has 0 fully saturated rings. The number of esters is 1. The second-order valence-corrected chi connectivity index (χ2v) is 8.12. The first kappa shape index (κ1) is 20.6. The van der Waals surface area contributed by atoms with Crippen LogP contribution in [0.1, 0.15) is 21.5 Å². The highest BCUT2D eigenvalue weighted by Gasteiger charge is 2.24. The molecule has 0 aliphatic carbocycles. The second-order valence-electron chi connectivity index (χ2n) is 6.08. The normalized spacial score (nSPS) is 11.3. The molecule has 0 bridgehead atoms. The van der Waals surface area contributed by atoms with Crippen molar-refractivity contribution in [2.75, 3.05) is 26.0 Å². The van der Waals surface area contributed by atoms with Crippen LogP contribution < -0.4 is 5.32 Å². The van der Waals surface area contributed by atoms with Crippen LogP contribution in [0.5, 0.6) is 0 Å². The zero-order valence-corrected chi connectivity index (χ0v) is 16.5. The van der Waals surface area contributed by atoms with Crippen LogP contribution in [0.2, 0.25) is 0 Å². The van der Waals surface area contributed by atoms with E-state index in [2.05, 4.69) is 10.1 Å². The van der Waals surface area contributed by atoms with E-state index in [0.717, 1.165) is 15.4 Å². The van der Waals surface area contributed by atoms with Gasteiger partial charge in [0.05, 0.1) is 24.1 Å². The Bertz CT molecular complexity index is 970. The lowest BCUT2D eigenvalue weighted by Crippen LogP contribution is -2.35. The van der Waals surface area contributed by atoms with Gasteiger partial charge in [0.2, 0.25) is 15.9 Å². The first-order chi connectivity index (χ1) is 12.7. The lowest BCUT2D eigenvalue weighted by atomic mass is 10.1. The number of carbonyl (C=O) groups is 2. The van der Waals surface area contributed by atoms with Crippen molar-refractivity contribution < 1.29 is 22.7 Å². The number of methoxy groups -OCH3 is 1. The van der Waals surface area contributed by atoms with Crippen molar-refractivity contribution in [1.29, 1.82) is 0 Å². The van der Waals surface area contributed by atoms with Crippen molar-refractivity contribution in [3.8, 4) is 0 Å². The van der Waals surface area contributed by atoms with Crippen LogP contribution in [0.4, 0.5) is 5.69 Å². The number of amides is 1. The molecular formula is C19H22N2O5S. The predicted molar refractivity (Wildman–Crippen MR) is 102 cm³/mol. The highest BCUT2D eigenvalue weighted by atomic mass is 32.2. The van der Waals surface area contributed by atoms with Crippen LogP contribution in [-0.4, -0.2) is 45.3 Å². The van der Waals surface area contributed by atoms with Crippen molar-refractivity contribution in [3.05, 3.63) is 59.2 Å². The van der Waals surface area contributed by atoms with Gasteiger partial charge in [-0.3, -0.25) is 4.79 Å². The monoisotopic (exact) mass is 390 g/mol. The van der Waals surface area contributed by atoms with Crippen LogP contribution in [0.25, 0.3) is 0 Å². The third-order valence-electron chi connectivity index (χ3n) is 4.21. The average Bonchev–Trinajstić information content (AvgIpc) is 2.64. The molecule has 2 rings (SSSR count). The fourth-order valence-corrected chi connectivity index (χ4v) is 3.62. The average molecular weight is 390 g/mol. The summed E-state index contributed by atoms with van der Waals surface area (Å²) in [5.41, 5.74) is 2.70. The van der Waals surface area contributed by atoms with Gasteiger partial charge in [-0.1, -0.05) is 18.2 Å².